The van der Waals surface area contributed by atoms with Gasteiger partial charge in [-0.3, -0.25) is 9.55 Å². The van der Waals surface area contributed by atoms with E-state index in [1.54, 1.807) is 12.5 Å². The molecule has 0 saturated heterocycles. The zero-order chi connectivity index (χ0) is 20.9. The molecule has 0 amide bonds. The Hall–Kier alpha value is -3.68. The molecule has 30 heavy (non-hydrogen) atoms. The van der Waals surface area contributed by atoms with E-state index in [9.17, 15) is 13.6 Å². The number of aromatic amines is 1. The van der Waals surface area contributed by atoms with E-state index in [2.05, 4.69) is 15.3 Å². The second-order valence-corrected chi connectivity index (χ2v) is 6.96. The second-order valence-electron chi connectivity index (χ2n) is 6.96. The van der Waals surface area contributed by atoms with Crippen LogP contribution in [-0.2, 0) is 19.6 Å². The predicted molar refractivity (Wildman–Crippen MR) is 111 cm³/mol. The Morgan fingerprint density at radius 1 is 1.03 bits per heavy atom. The molecule has 0 atom stereocenters. The van der Waals surface area contributed by atoms with E-state index in [0.29, 0.717) is 43.1 Å². The molecule has 6 nitrogen and oxygen atoms in total. The first-order chi connectivity index (χ1) is 14.6. The number of hydrogen-bond acceptors (Lipinski definition) is 3. The zero-order valence-corrected chi connectivity index (χ0v) is 16.2. The summed E-state index contributed by atoms with van der Waals surface area (Å²) in [5.74, 6) is -0.966. The maximum Gasteiger partial charge on any atom is 0.327 e. The molecule has 2 aromatic heterocycles. The standard InChI is InChI=1S/C22H21F2N5O/c23-18-11-17(12-19(24)13-18)20-21(26-14-16-5-2-1-3-6-16)27-22(30)29(20)9-4-8-28-10-7-25-15-28/h1-3,5-7,10-13,15,26H,4,8-9,14H2,(H,27,30). The molecule has 4 aromatic rings. The van der Waals surface area contributed by atoms with Gasteiger partial charge in [-0.15, -0.1) is 0 Å². The smallest absolute Gasteiger partial charge is 0.327 e. The normalized spacial score (nSPS) is 11.0. The predicted octanol–water partition coefficient (Wildman–Crippen LogP) is 4.02. The molecular weight excluding hydrogens is 388 g/mol. The number of aryl methyl sites for hydroxylation is 1. The van der Waals surface area contributed by atoms with Crippen LogP contribution in [0, 0.1) is 11.6 Å². The summed E-state index contributed by atoms with van der Waals surface area (Å²) in [7, 11) is 0. The molecule has 0 spiro atoms. The summed E-state index contributed by atoms with van der Waals surface area (Å²) in [4.78, 5) is 19.5. The largest absolute Gasteiger partial charge is 0.366 e. The highest BCUT2D eigenvalue weighted by Crippen LogP contribution is 2.28. The van der Waals surface area contributed by atoms with Gasteiger partial charge in [0.15, 0.2) is 0 Å². The SMILES string of the molecule is O=c1[nH]c(NCc2ccccc2)c(-c2cc(F)cc(F)c2)n1CCCn1ccnc1. The van der Waals surface area contributed by atoms with Crippen molar-refractivity contribution in [3.63, 3.8) is 0 Å². The molecular formula is C22H21F2N5O. The van der Waals surface area contributed by atoms with Crippen LogP contribution in [0.15, 0.2) is 72.0 Å². The fourth-order valence-electron chi connectivity index (χ4n) is 3.42. The Morgan fingerprint density at radius 2 is 1.80 bits per heavy atom. The fraction of sp³-hybridized carbons (Fsp3) is 0.182. The molecule has 0 saturated carbocycles. The van der Waals surface area contributed by atoms with Crippen molar-refractivity contribution in [2.75, 3.05) is 5.32 Å². The molecule has 2 heterocycles. The van der Waals surface area contributed by atoms with Crippen molar-refractivity contribution in [2.45, 2.75) is 26.1 Å². The van der Waals surface area contributed by atoms with Crippen LogP contribution < -0.4 is 11.0 Å². The first-order valence-electron chi connectivity index (χ1n) is 9.63. The summed E-state index contributed by atoms with van der Waals surface area (Å²) in [5.41, 5.74) is 1.41. The lowest BCUT2D eigenvalue weighted by atomic mass is 10.1. The highest BCUT2D eigenvalue weighted by atomic mass is 19.1. The average Bonchev–Trinajstić information content (AvgIpc) is 3.34. The third-order valence-electron chi connectivity index (χ3n) is 4.79. The number of H-pyrrole nitrogens is 1. The number of nitrogens with one attached hydrogen (secondary N) is 2. The van der Waals surface area contributed by atoms with Gasteiger partial charge in [-0.05, 0) is 24.1 Å². The van der Waals surface area contributed by atoms with Crippen molar-refractivity contribution >= 4 is 5.82 Å². The molecule has 0 unspecified atom stereocenters. The van der Waals surface area contributed by atoms with Crippen molar-refractivity contribution < 1.29 is 8.78 Å². The Labute approximate surface area is 171 Å². The van der Waals surface area contributed by atoms with Crippen LogP contribution in [0.2, 0.25) is 0 Å². The Kier molecular flexibility index (Phi) is 5.74. The van der Waals surface area contributed by atoms with Gasteiger partial charge in [0.2, 0.25) is 0 Å². The zero-order valence-electron chi connectivity index (χ0n) is 16.2. The van der Waals surface area contributed by atoms with Crippen LogP contribution in [0.4, 0.5) is 14.6 Å². The number of halogens is 2. The van der Waals surface area contributed by atoms with E-state index in [1.807, 2.05) is 41.1 Å². The first kappa shape index (κ1) is 19.6. The Balaban J connectivity index is 1.65. The maximum absolute atomic E-state index is 13.9. The molecule has 154 valence electrons. The lowest BCUT2D eigenvalue weighted by Crippen LogP contribution is -2.18. The molecule has 0 fully saturated rings. The number of imidazole rings is 2. The molecule has 0 aliphatic heterocycles. The second kappa shape index (κ2) is 8.77. The molecule has 4 rings (SSSR count). The van der Waals surface area contributed by atoms with Crippen LogP contribution in [-0.4, -0.2) is 19.1 Å². The minimum Gasteiger partial charge on any atom is -0.366 e. The Morgan fingerprint density at radius 3 is 2.50 bits per heavy atom. The third kappa shape index (κ3) is 4.48. The van der Waals surface area contributed by atoms with Gasteiger partial charge in [-0.2, -0.15) is 0 Å². The summed E-state index contributed by atoms with van der Waals surface area (Å²) in [6, 6.07) is 12.9. The summed E-state index contributed by atoms with van der Waals surface area (Å²) < 4.78 is 31.2. The van der Waals surface area contributed by atoms with Crippen LogP contribution in [0.3, 0.4) is 0 Å². The van der Waals surface area contributed by atoms with Gasteiger partial charge in [-0.25, -0.2) is 18.6 Å². The maximum atomic E-state index is 13.9. The lowest BCUT2D eigenvalue weighted by Gasteiger charge is -2.12. The average molecular weight is 409 g/mol. The molecule has 2 N–H and O–H groups in total. The van der Waals surface area contributed by atoms with Crippen molar-refractivity contribution in [2.24, 2.45) is 0 Å². The van der Waals surface area contributed by atoms with Crippen molar-refractivity contribution in [3.8, 4) is 11.3 Å². The summed E-state index contributed by atoms with van der Waals surface area (Å²) >= 11 is 0. The van der Waals surface area contributed by atoms with Gasteiger partial charge in [0, 0.05) is 43.7 Å². The van der Waals surface area contributed by atoms with Gasteiger partial charge < -0.3 is 9.88 Å². The molecule has 2 aromatic carbocycles. The van der Waals surface area contributed by atoms with Gasteiger partial charge >= 0.3 is 5.69 Å². The van der Waals surface area contributed by atoms with E-state index in [0.717, 1.165) is 11.6 Å². The number of nitrogens with zero attached hydrogens (tertiary/aromatic N) is 3. The monoisotopic (exact) mass is 409 g/mol. The van der Waals surface area contributed by atoms with Gasteiger partial charge in [-0.1, -0.05) is 30.3 Å². The minimum atomic E-state index is -0.697. The van der Waals surface area contributed by atoms with E-state index >= 15 is 0 Å². The Bertz CT molecular complexity index is 1150. The first-order valence-corrected chi connectivity index (χ1v) is 9.63. The summed E-state index contributed by atoms with van der Waals surface area (Å²) in [6.07, 6.45) is 5.89. The number of anilines is 1. The van der Waals surface area contributed by atoms with Gasteiger partial charge in [0.05, 0.1) is 12.0 Å². The van der Waals surface area contributed by atoms with E-state index in [-0.39, 0.29) is 5.69 Å². The number of aromatic nitrogens is 4. The summed E-state index contributed by atoms with van der Waals surface area (Å²) in [6.45, 7) is 1.51. The number of benzene rings is 2. The van der Waals surface area contributed by atoms with E-state index in [1.165, 1.54) is 16.7 Å². The van der Waals surface area contributed by atoms with E-state index in [4.69, 9.17) is 0 Å². The van der Waals surface area contributed by atoms with Crippen LogP contribution >= 0.6 is 0 Å². The van der Waals surface area contributed by atoms with Gasteiger partial charge in [0.1, 0.15) is 17.5 Å². The highest BCUT2D eigenvalue weighted by Gasteiger charge is 2.17. The van der Waals surface area contributed by atoms with Crippen molar-refractivity contribution in [1.82, 2.24) is 19.1 Å². The van der Waals surface area contributed by atoms with Gasteiger partial charge in [0.25, 0.3) is 0 Å². The topological polar surface area (TPSA) is 67.6 Å². The lowest BCUT2D eigenvalue weighted by molar-refractivity contribution is 0.555. The molecule has 8 heteroatoms. The van der Waals surface area contributed by atoms with Crippen LogP contribution in [0.5, 0.6) is 0 Å². The summed E-state index contributed by atoms with van der Waals surface area (Å²) in [5, 5.41) is 3.20. The van der Waals surface area contributed by atoms with Crippen LogP contribution in [0.25, 0.3) is 11.3 Å². The number of rotatable bonds is 8. The molecule has 0 radical (unpaired) electrons. The molecule has 0 bridgehead atoms. The third-order valence-corrected chi connectivity index (χ3v) is 4.79. The van der Waals surface area contributed by atoms with Crippen LogP contribution in [0.1, 0.15) is 12.0 Å². The van der Waals surface area contributed by atoms with E-state index < -0.39 is 11.6 Å². The van der Waals surface area contributed by atoms with Crippen molar-refractivity contribution in [3.05, 3.63) is 94.9 Å². The highest BCUT2D eigenvalue weighted by molar-refractivity contribution is 5.72. The molecule has 0 aliphatic rings. The molecule has 0 aliphatic carbocycles. The fourth-order valence-corrected chi connectivity index (χ4v) is 3.42. The quantitative estimate of drug-likeness (QED) is 0.462. The minimum absolute atomic E-state index is 0.295. The van der Waals surface area contributed by atoms with Crippen molar-refractivity contribution in [1.29, 1.82) is 0 Å². The number of hydrogen-bond donors (Lipinski definition) is 2.